The fraction of sp³-hybridized carbons (Fsp3) is 1.00. The van der Waals surface area contributed by atoms with E-state index >= 15 is 0 Å². The number of rotatable bonds is 5. The highest BCUT2D eigenvalue weighted by Gasteiger charge is 2.17. The zero-order valence-corrected chi connectivity index (χ0v) is 7.98. The lowest BCUT2D eigenvalue weighted by atomic mass is 10.4. The molecule has 0 aromatic rings. The quantitative estimate of drug-likeness (QED) is 0.501. The van der Waals surface area contributed by atoms with Gasteiger partial charge in [-0.1, -0.05) is 0 Å². The van der Waals surface area contributed by atoms with E-state index in [0.717, 1.165) is 0 Å². The third kappa shape index (κ3) is 4.81. The van der Waals surface area contributed by atoms with E-state index in [1.54, 1.807) is 0 Å². The van der Waals surface area contributed by atoms with Crippen molar-refractivity contribution in [3.05, 3.63) is 0 Å². The highest BCUT2D eigenvalue weighted by molar-refractivity contribution is 8.07. The maximum Gasteiger partial charge on any atom is 0.324 e. The van der Waals surface area contributed by atoms with Gasteiger partial charge in [-0.25, -0.2) is 0 Å². The molecule has 11 heavy (non-hydrogen) atoms. The maximum atomic E-state index is 9.13. The van der Waals surface area contributed by atoms with Gasteiger partial charge in [0.25, 0.3) is 0 Å². The number of nitrogens with two attached hydrogens (primary N) is 2. The highest BCUT2D eigenvalue weighted by atomic mass is 32.5. The standard InChI is InChI=1S/C4H13N2O3PS/c1-8-10(7,11)9-4(2-5)3-6/h4H,2-3,5-6H2,1H3,(H,7,11). The van der Waals surface area contributed by atoms with E-state index < -0.39 is 12.8 Å². The summed E-state index contributed by atoms with van der Waals surface area (Å²) in [4.78, 5) is 9.13. The van der Waals surface area contributed by atoms with Gasteiger partial charge in [-0.2, -0.15) is 0 Å². The first-order chi connectivity index (χ1) is 5.05. The first-order valence-corrected chi connectivity index (χ1v) is 5.62. The molecule has 0 saturated heterocycles. The summed E-state index contributed by atoms with van der Waals surface area (Å²) in [5, 5.41) is 0. The molecule has 0 amide bonds. The molecule has 0 aliphatic rings. The van der Waals surface area contributed by atoms with Crippen molar-refractivity contribution < 1.29 is 13.9 Å². The summed E-state index contributed by atoms with van der Waals surface area (Å²) in [5.74, 6) is 0. The number of hydrogen-bond donors (Lipinski definition) is 3. The van der Waals surface area contributed by atoms with Crippen LogP contribution >= 0.6 is 6.72 Å². The van der Waals surface area contributed by atoms with E-state index in [2.05, 4.69) is 16.3 Å². The molecule has 0 heterocycles. The Morgan fingerprint density at radius 3 is 2.27 bits per heavy atom. The van der Waals surface area contributed by atoms with E-state index in [-0.39, 0.29) is 13.1 Å². The van der Waals surface area contributed by atoms with Crippen molar-refractivity contribution >= 4 is 18.5 Å². The summed E-state index contributed by atoms with van der Waals surface area (Å²) in [7, 11) is 1.28. The molecule has 0 spiro atoms. The molecule has 0 aliphatic heterocycles. The fourth-order valence-electron chi connectivity index (χ4n) is 0.414. The minimum Gasteiger partial charge on any atom is -0.328 e. The molecule has 0 aromatic heterocycles. The van der Waals surface area contributed by atoms with Gasteiger partial charge in [-0.05, 0) is 11.8 Å². The van der Waals surface area contributed by atoms with Crippen molar-refractivity contribution in [1.82, 2.24) is 0 Å². The average molecular weight is 200 g/mol. The van der Waals surface area contributed by atoms with Crippen molar-refractivity contribution in [3.8, 4) is 0 Å². The molecular formula is C4H13N2O3PS. The van der Waals surface area contributed by atoms with Gasteiger partial charge in [0.1, 0.15) is 0 Å². The van der Waals surface area contributed by atoms with E-state index in [4.69, 9.17) is 20.9 Å². The van der Waals surface area contributed by atoms with Crippen molar-refractivity contribution in [1.29, 1.82) is 0 Å². The van der Waals surface area contributed by atoms with Gasteiger partial charge in [0, 0.05) is 20.2 Å². The molecule has 0 bridgehead atoms. The normalized spacial score (nSPS) is 16.8. The second kappa shape index (κ2) is 5.16. The Morgan fingerprint density at radius 1 is 1.55 bits per heavy atom. The van der Waals surface area contributed by atoms with Gasteiger partial charge < -0.3 is 25.4 Å². The molecule has 7 heteroatoms. The predicted molar refractivity (Wildman–Crippen MR) is 46.5 cm³/mol. The molecule has 0 fully saturated rings. The lowest BCUT2D eigenvalue weighted by Gasteiger charge is -2.19. The zero-order valence-electron chi connectivity index (χ0n) is 6.27. The van der Waals surface area contributed by atoms with Gasteiger partial charge in [0.2, 0.25) is 0 Å². The van der Waals surface area contributed by atoms with Crippen LogP contribution < -0.4 is 11.5 Å². The predicted octanol–water partition coefficient (Wildman–Crippen LogP) is -0.848. The Hall–Kier alpha value is 0.450. The van der Waals surface area contributed by atoms with Crippen LogP contribution in [0.5, 0.6) is 0 Å². The van der Waals surface area contributed by atoms with Gasteiger partial charge in [-0.15, -0.1) is 0 Å². The van der Waals surface area contributed by atoms with Crippen LogP contribution in [-0.2, 0) is 20.9 Å². The largest absolute Gasteiger partial charge is 0.328 e. The smallest absolute Gasteiger partial charge is 0.324 e. The van der Waals surface area contributed by atoms with Crippen LogP contribution in [0.1, 0.15) is 0 Å². The topological polar surface area (TPSA) is 90.7 Å². The van der Waals surface area contributed by atoms with E-state index in [1.165, 1.54) is 7.11 Å². The number of hydrogen-bond acceptors (Lipinski definition) is 5. The minimum atomic E-state index is -3.09. The molecule has 0 aromatic carbocycles. The highest BCUT2D eigenvalue weighted by Crippen LogP contribution is 2.43. The first-order valence-electron chi connectivity index (χ1n) is 3.02. The molecule has 0 radical (unpaired) electrons. The van der Waals surface area contributed by atoms with Crippen LogP contribution in [0.4, 0.5) is 0 Å². The van der Waals surface area contributed by atoms with Crippen molar-refractivity contribution in [2.45, 2.75) is 6.10 Å². The van der Waals surface area contributed by atoms with Crippen molar-refractivity contribution in [2.75, 3.05) is 20.2 Å². The summed E-state index contributed by atoms with van der Waals surface area (Å²) in [6.07, 6.45) is -0.425. The second-order valence-corrected chi connectivity index (χ2v) is 4.75. The van der Waals surface area contributed by atoms with Crippen LogP contribution in [0.15, 0.2) is 0 Å². The van der Waals surface area contributed by atoms with Crippen LogP contribution in [0, 0.1) is 0 Å². The molecule has 0 saturated carbocycles. The van der Waals surface area contributed by atoms with Gasteiger partial charge in [0.05, 0.1) is 6.10 Å². The van der Waals surface area contributed by atoms with Crippen LogP contribution in [0.3, 0.4) is 0 Å². The average Bonchev–Trinajstić information content (AvgIpc) is 2.00. The Kier molecular flexibility index (Phi) is 5.37. The van der Waals surface area contributed by atoms with Gasteiger partial charge >= 0.3 is 6.72 Å². The SMILES string of the molecule is COP(O)(=S)OC(CN)CN. The zero-order chi connectivity index (χ0) is 8.91. The van der Waals surface area contributed by atoms with E-state index in [9.17, 15) is 0 Å². The molecule has 0 rings (SSSR count). The Labute approximate surface area is 70.9 Å². The van der Waals surface area contributed by atoms with Gasteiger partial charge in [-0.3, -0.25) is 0 Å². The van der Waals surface area contributed by atoms with E-state index in [1.807, 2.05) is 0 Å². The second-order valence-electron chi connectivity index (χ2n) is 1.85. The van der Waals surface area contributed by atoms with Crippen LogP contribution in [0.2, 0.25) is 0 Å². The lowest BCUT2D eigenvalue weighted by Crippen LogP contribution is -2.30. The summed E-state index contributed by atoms with van der Waals surface area (Å²) < 4.78 is 9.41. The lowest BCUT2D eigenvalue weighted by molar-refractivity contribution is 0.166. The van der Waals surface area contributed by atoms with Crippen molar-refractivity contribution in [2.24, 2.45) is 11.5 Å². The molecule has 5 N–H and O–H groups in total. The molecule has 0 aliphatic carbocycles. The van der Waals surface area contributed by atoms with Gasteiger partial charge in [0.15, 0.2) is 0 Å². The summed E-state index contributed by atoms with van der Waals surface area (Å²) in [6.45, 7) is -2.65. The summed E-state index contributed by atoms with van der Waals surface area (Å²) >= 11 is 4.56. The Morgan fingerprint density at radius 2 is 2.00 bits per heavy atom. The summed E-state index contributed by atoms with van der Waals surface area (Å²) in [5.41, 5.74) is 10.5. The maximum absolute atomic E-state index is 9.13. The van der Waals surface area contributed by atoms with Crippen LogP contribution in [-0.4, -0.2) is 31.2 Å². The molecule has 1 atom stereocenters. The monoisotopic (exact) mass is 200 g/mol. The minimum absolute atomic E-state index is 0.221. The molecular weight excluding hydrogens is 187 g/mol. The van der Waals surface area contributed by atoms with Crippen LogP contribution in [0.25, 0.3) is 0 Å². The molecule has 1 unspecified atom stereocenters. The first kappa shape index (κ1) is 11.4. The molecule has 68 valence electrons. The third-order valence-corrected chi connectivity index (χ3v) is 2.77. The fourth-order valence-corrected chi connectivity index (χ4v) is 1.41. The summed E-state index contributed by atoms with van der Waals surface area (Å²) in [6, 6.07) is 0. The van der Waals surface area contributed by atoms with E-state index in [0.29, 0.717) is 0 Å². The molecule has 5 nitrogen and oxygen atoms in total. The van der Waals surface area contributed by atoms with Crippen molar-refractivity contribution in [3.63, 3.8) is 0 Å². The Balaban J connectivity index is 3.90. The third-order valence-electron chi connectivity index (χ3n) is 1.04. The Bertz CT molecular complexity index is 152.